The van der Waals surface area contributed by atoms with Gasteiger partial charge in [0.2, 0.25) is 5.91 Å². The second kappa shape index (κ2) is 7.33. The fourth-order valence-corrected chi connectivity index (χ4v) is 3.01. The van der Waals surface area contributed by atoms with Crippen LogP contribution in [0.25, 0.3) is 11.3 Å². The Bertz CT molecular complexity index is 604. The van der Waals surface area contributed by atoms with Crippen LogP contribution in [0.5, 0.6) is 0 Å². The molecule has 4 nitrogen and oxygen atoms in total. The molecular weight excluding hydrogens is 282 g/mol. The third kappa shape index (κ3) is 4.12. The fraction of sp³-hybridized carbons (Fsp3) is 0.375. The maximum absolute atomic E-state index is 11.6. The van der Waals surface area contributed by atoms with E-state index in [2.05, 4.69) is 46.8 Å². The number of aromatic nitrogens is 1. The number of nitrogens with zero attached hydrogens (tertiary/aromatic N) is 1. The van der Waals surface area contributed by atoms with Crippen LogP contribution in [0.4, 0.5) is 5.13 Å². The number of anilines is 1. The Hall–Kier alpha value is -1.72. The van der Waals surface area contributed by atoms with E-state index in [4.69, 9.17) is 0 Å². The van der Waals surface area contributed by atoms with Crippen LogP contribution in [0.3, 0.4) is 0 Å². The molecule has 0 bridgehead atoms. The molecule has 0 aliphatic rings. The molecular formula is C16H21N3OS. The zero-order valence-electron chi connectivity index (χ0n) is 12.7. The molecule has 1 aromatic carbocycles. The summed E-state index contributed by atoms with van der Waals surface area (Å²) in [7, 11) is 1.75. The number of nitrogens with one attached hydrogen (secondary N) is 2. The van der Waals surface area contributed by atoms with Crippen LogP contribution in [-0.4, -0.2) is 24.5 Å². The maximum atomic E-state index is 11.6. The van der Waals surface area contributed by atoms with E-state index in [0.717, 1.165) is 29.0 Å². The Kier molecular flexibility index (Phi) is 5.47. The first-order valence-electron chi connectivity index (χ1n) is 7.15. The van der Waals surface area contributed by atoms with Crippen LogP contribution >= 0.6 is 11.3 Å². The van der Waals surface area contributed by atoms with Crippen LogP contribution in [0.15, 0.2) is 24.3 Å². The predicted octanol–water partition coefficient (Wildman–Crippen LogP) is 3.23. The summed E-state index contributed by atoms with van der Waals surface area (Å²) in [5, 5.41) is 6.29. The number of benzene rings is 1. The number of carbonyl (C=O) groups excluding carboxylic acids is 1. The highest BCUT2D eigenvalue weighted by atomic mass is 32.1. The van der Waals surface area contributed by atoms with Gasteiger partial charge in [0.05, 0.1) is 12.2 Å². The van der Waals surface area contributed by atoms with Crippen molar-refractivity contribution in [2.45, 2.75) is 26.7 Å². The van der Waals surface area contributed by atoms with Crippen molar-refractivity contribution in [3.05, 3.63) is 34.7 Å². The van der Waals surface area contributed by atoms with E-state index in [0.29, 0.717) is 11.7 Å². The topological polar surface area (TPSA) is 54.0 Å². The van der Waals surface area contributed by atoms with Crippen molar-refractivity contribution in [1.29, 1.82) is 0 Å². The molecule has 0 atom stereocenters. The Morgan fingerprint density at radius 1 is 1.29 bits per heavy atom. The summed E-state index contributed by atoms with van der Waals surface area (Å²) in [6.45, 7) is 4.50. The van der Waals surface area contributed by atoms with E-state index in [1.54, 1.807) is 7.05 Å². The number of hydrogen-bond acceptors (Lipinski definition) is 4. The van der Waals surface area contributed by atoms with E-state index < -0.39 is 0 Å². The largest absolute Gasteiger partial charge is 0.311 e. The number of hydrogen-bond donors (Lipinski definition) is 2. The average Bonchev–Trinajstić information content (AvgIpc) is 2.81. The van der Waals surface area contributed by atoms with Gasteiger partial charge < -0.3 is 10.6 Å². The molecule has 0 spiro atoms. The summed E-state index contributed by atoms with van der Waals surface area (Å²) in [6, 6.07) is 8.51. The first kappa shape index (κ1) is 15.7. The van der Waals surface area contributed by atoms with Crippen LogP contribution in [0.2, 0.25) is 0 Å². The smallest absolute Gasteiger partial charge is 0.240 e. The van der Waals surface area contributed by atoms with Gasteiger partial charge >= 0.3 is 0 Å². The van der Waals surface area contributed by atoms with Gasteiger partial charge in [0.1, 0.15) is 0 Å². The Labute approximate surface area is 129 Å². The van der Waals surface area contributed by atoms with E-state index >= 15 is 0 Å². The van der Waals surface area contributed by atoms with Gasteiger partial charge in [0.25, 0.3) is 0 Å². The highest BCUT2D eigenvalue weighted by Gasteiger charge is 2.11. The fourth-order valence-electron chi connectivity index (χ4n) is 2.16. The summed E-state index contributed by atoms with van der Waals surface area (Å²) in [5.74, 6) is -0.0731. The summed E-state index contributed by atoms with van der Waals surface area (Å²) in [4.78, 5) is 17.2. The summed E-state index contributed by atoms with van der Waals surface area (Å²) < 4.78 is 0. The zero-order chi connectivity index (χ0) is 15.2. The van der Waals surface area contributed by atoms with Crippen molar-refractivity contribution in [2.24, 2.45) is 0 Å². The molecule has 1 heterocycles. The predicted molar refractivity (Wildman–Crippen MR) is 88.8 cm³/mol. The Balaban J connectivity index is 2.16. The number of amides is 1. The SMILES string of the molecule is CCCc1ccc(-c2nc(NC(=O)CNC)sc2C)cc1. The second-order valence-electron chi connectivity index (χ2n) is 4.95. The van der Waals surface area contributed by atoms with E-state index in [1.807, 2.05) is 6.92 Å². The molecule has 0 saturated carbocycles. The molecule has 0 radical (unpaired) electrons. The minimum Gasteiger partial charge on any atom is -0.311 e. The molecule has 0 aliphatic carbocycles. The molecule has 5 heteroatoms. The molecule has 0 fully saturated rings. The summed E-state index contributed by atoms with van der Waals surface area (Å²) in [6.07, 6.45) is 2.25. The van der Waals surface area contributed by atoms with Crippen molar-refractivity contribution in [1.82, 2.24) is 10.3 Å². The molecule has 1 aromatic heterocycles. The van der Waals surface area contributed by atoms with Crippen molar-refractivity contribution in [2.75, 3.05) is 18.9 Å². The van der Waals surface area contributed by atoms with Crippen LogP contribution in [0, 0.1) is 6.92 Å². The van der Waals surface area contributed by atoms with Crippen molar-refractivity contribution >= 4 is 22.4 Å². The average molecular weight is 303 g/mol. The number of thiazole rings is 1. The highest BCUT2D eigenvalue weighted by Crippen LogP contribution is 2.30. The number of aryl methyl sites for hydroxylation is 2. The van der Waals surface area contributed by atoms with Gasteiger partial charge in [-0.2, -0.15) is 0 Å². The van der Waals surface area contributed by atoms with Gasteiger partial charge in [-0.1, -0.05) is 37.6 Å². The maximum Gasteiger partial charge on any atom is 0.240 e. The van der Waals surface area contributed by atoms with Crippen LogP contribution < -0.4 is 10.6 Å². The third-order valence-electron chi connectivity index (χ3n) is 3.15. The minimum absolute atomic E-state index is 0.0731. The normalized spacial score (nSPS) is 10.6. The van der Waals surface area contributed by atoms with Gasteiger partial charge in [0.15, 0.2) is 5.13 Å². The van der Waals surface area contributed by atoms with E-state index in [9.17, 15) is 4.79 Å². The van der Waals surface area contributed by atoms with Gasteiger partial charge in [-0.15, -0.1) is 11.3 Å². The van der Waals surface area contributed by atoms with Crippen LogP contribution in [-0.2, 0) is 11.2 Å². The highest BCUT2D eigenvalue weighted by molar-refractivity contribution is 7.16. The summed E-state index contributed by atoms with van der Waals surface area (Å²) >= 11 is 1.51. The Morgan fingerprint density at radius 3 is 2.62 bits per heavy atom. The molecule has 21 heavy (non-hydrogen) atoms. The lowest BCUT2D eigenvalue weighted by Gasteiger charge is -2.02. The monoisotopic (exact) mass is 303 g/mol. The van der Waals surface area contributed by atoms with Gasteiger partial charge in [-0.3, -0.25) is 4.79 Å². The second-order valence-corrected chi connectivity index (χ2v) is 6.15. The van der Waals surface area contributed by atoms with Gasteiger partial charge in [-0.25, -0.2) is 4.98 Å². The molecule has 0 aliphatic heterocycles. The van der Waals surface area contributed by atoms with Crippen molar-refractivity contribution in [3.8, 4) is 11.3 Å². The molecule has 2 N–H and O–H groups in total. The molecule has 0 unspecified atom stereocenters. The standard InChI is InChI=1S/C16H21N3OS/c1-4-5-12-6-8-13(9-7-12)15-11(2)21-16(19-15)18-14(20)10-17-3/h6-9,17H,4-5,10H2,1-3H3,(H,18,19,20). The zero-order valence-corrected chi connectivity index (χ0v) is 13.5. The molecule has 2 rings (SSSR count). The first-order chi connectivity index (χ1) is 10.1. The molecule has 0 saturated heterocycles. The van der Waals surface area contributed by atoms with E-state index in [1.165, 1.54) is 16.9 Å². The summed E-state index contributed by atoms with van der Waals surface area (Å²) in [5.41, 5.74) is 3.39. The lowest BCUT2D eigenvalue weighted by Crippen LogP contribution is -2.24. The van der Waals surface area contributed by atoms with Gasteiger partial charge in [-0.05, 0) is 26.0 Å². The number of rotatable bonds is 6. The minimum atomic E-state index is -0.0731. The molecule has 1 amide bonds. The van der Waals surface area contributed by atoms with E-state index in [-0.39, 0.29) is 5.91 Å². The molecule has 2 aromatic rings. The number of carbonyl (C=O) groups is 1. The Morgan fingerprint density at radius 2 is 2.00 bits per heavy atom. The quantitative estimate of drug-likeness (QED) is 0.861. The van der Waals surface area contributed by atoms with Crippen molar-refractivity contribution in [3.63, 3.8) is 0 Å². The molecule has 112 valence electrons. The third-order valence-corrected chi connectivity index (χ3v) is 4.03. The first-order valence-corrected chi connectivity index (χ1v) is 7.97. The van der Waals surface area contributed by atoms with Crippen LogP contribution in [0.1, 0.15) is 23.8 Å². The number of likely N-dealkylation sites (N-methyl/N-ethyl adjacent to an activating group) is 1. The van der Waals surface area contributed by atoms with Gasteiger partial charge in [0, 0.05) is 10.4 Å². The lowest BCUT2D eigenvalue weighted by atomic mass is 10.1. The van der Waals surface area contributed by atoms with Crippen molar-refractivity contribution < 1.29 is 4.79 Å². The lowest BCUT2D eigenvalue weighted by molar-refractivity contribution is -0.115.